The van der Waals surface area contributed by atoms with Crippen molar-refractivity contribution >= 4 is 34.5 Å². The molecule has 138 valence electrons. The summed E-state index contributed by atoms with van der Waals surface area (Å²) in [5.41, 5.74) is 0.801. The molecule has 1 aliphatic carbocycles. The van der Waals surface area contributed by atoms with E-state index in [1.807, 2.05) is 59.7 Å². The second kappa shape index (κ2) is 7.25. The largest absolute Gasteiger partial charge is 0.457 e. The number of ether oxygens (including phenoxy) is 2. The van der Waals surface area contributed by atoms with Gasteiger partial charge < -0.3 is 9.47 Å². The molecular formula is C20H27IO4. The zero-order valence-electron chi connectivity index (χ0n) is 15.8. The van der Waals surface area contributed by atoms with Gasteiger partial charge >= 0.3 is 11.9 Å². The minimum absolute atomic E-state index is 0.215. The summed E-state index contributed by atoms with van der Waals surface area (Å²) in [7, 11) is 0. The van der Waals surface area contributed by atoms with E-state index in [9.17, 15) is 9.59 Å². The number of hydrogen-bond acceptors (Lipinski definition) is 4. The van der Waals surface area contributed by atoms with Crippen LogP contribution in [-0.4, -0.2) is 11.9 Å². The quantitative estimate of drug-likeness (QED) is 0.443. The second-order valence-electron chi connectivity index (χ2n) is 8.64. The number of benzene rings is 1. The van der Waals surface area contributed by atoms with Crippen LogP contribution in [0.25, 0.3) is 0 Å². The van der Waals surface area contributed by atoms with Gasteiger partial charge in [0.1, 0.15) is 12.2 Å². The summed E-state index contributed by atoms with van der Waals surface area (Å²) in [6, 6.07) is 5.99. The van der Waals surface area contributed by atoms with Crippen molar-refractivity contribution in [2.45, 2.75) is 66.6 Å². The topological polar surface area (TPSA) is 52.6 Å². The Morgan fingerprint density at radius 1 is 0.880 bits per heavy atom. The number of esters is 2. The highest BCUT2D eigenvalue weighted by Gasteiger charge is 2.36. The molecule has 0 fully saturated rings. The molecule has 0 saturated carbocycles. The van der Waals surface area contributed by atoms with Crippen LogP contribution in [0.5, 0.6) is 0 Å². The molecule has 1 aromatic carbocycles. The highest BCUT2D eigenvalue weighted by Crippen LogP contribution is 2.42. The summed E-state index contributed by atoms with van der Waals surface area (Å²) in [6.45, 7) is 11.1. The lowest BCUT2D eigenvalue weighted by atomic mass is 9.86. The summed E-state index contributed by atoms with van der Waals surface area (Å²) in [6.07, 6.45) is 0.721. The van der Waals surface area contributed by atoms with Crippen LogP contribution >= 0.6 is 22.6 Å². The normalized spacial score (nSPS) is 20.6. The average molecular weight is 458 g/mol. The Morgan fingerprint density at radius 2 is 1.32 bits per heavy atom. The minimum atomic E-state index is -0.544. The molecule has 0 radical (unpaired) electrons. The molecule has 2 atom stereocenters. The Labute approximate surface area is 163 Å². The van der Waals surface area contributed by atoms with Crippen molar-refractivity contribution in [3.8, 4) is 0 Å². The molecule has 0 heterocycles. The molecule has 0 spiro atoms. The van der Waals surface area contributed by atoms with E-state index in [0.29, 0.717) is 12.8 Å². The van der Waals surface area contributed by atoms with Gasteiger partial charge in [0.25, 0.3) is 0 Å². The maximum atomic E-state index is 12.3. The van der Waals surface area contributed by atoms with E-state index in [-0.39, 0.29) is 24.1 Å². The average Bonchev–Trinajstić information content (AvgIpc) is 2.47. The summed E-state index contributed by atoms with van der Waals surface area (Å²) >= 11 is 2.24. The van der Waals surface area contributed by atoms with Crippen molar-refractivity contribution in [3.05, 3.63) is 32.9 Å². The minimum Gasteiger partial charge on any atom is -0.457 e. The molecule has 1 aliphatic rings. The molecule has 0 N–H and O–H groups in total. The van der Waals surface area contributed by atoms with Gasteiger partial charge in [-0.1, -0.05) is 6.07 Å². The Bertz CT molecular complexity index is 667. The van der Waals surface area contributed by atoms with E-state index < -0.39 is 10.8 Å². The zero-order chi connectivity index (χ0) is 19.0. The summed E-state index contributed by atoms with van der Waals surface area (Å²) < 4.78 is 12.6. The third kappa shape index (κ3) is 4.96. The SMILES string of the molecule is CC(C)(C)C(=O)OC1CCC(OC(=O)C(C)(C)C)c2cc(I)ccc21. The fraction of sp³-hybridized carbons (Fsp3) is 0.600. The number of carbonyl (C=O) groups is 2. The first-order valence-electron chi connectivity index (χ1n) is 8.61. The fourth-order valence-electron chi connectivity index (χ4n) is 2.59. The molecule has 1 aromatic rings. The standard InChI is InChI=1S/C20H27IO4/c1-19(2,3)17(22)24-15-9-10-16(25-18(23)20(4,5)6)14-11-12(21)7-8-13(14)15/h7-8,11,15-16H,9-10H2,1-6H3. The van der Waals surface area contributed by atoms with Crippen molar-refractivity contribution in [1.82, 2.24) is 0 Å². The van der Waals surface area contributed by atoms with Crippen LogP contribution in [0.3, 0.4) is 0 Å². The van der Waals surface area contributed by atoms with Crippen LogP contribution in [0.15, 0.2) is 18.2 Å². The van der Waals surface area contributed by atoms with Crippen molar-refractivity contribution < 1.29 is 19.1 Å². The van der Waals surface area contributed by atoms with Gasteiger partial charge in [-0.05, 0) is 94.7 Å². The van der Waals surface area contributed by atoms with E-state index in [1.165, 1.54) is 0 Å². The number of hydrogen-bond donors (Lipinski definition) is 0. The summed E-state index contributed by atoms with van der Waals surface area (Å²) in [4.78, 5) is 24.6. The van der Waals surface area contributed by atoms with E-state index in [0.717, 1.165) is 14.7 Å². The number of halogens is 1. The van der Waals surface area contributed by atoms with Crippen molar-refractivity contribution in [3.63, 3.8) is 0 Å². The number of rotatable bonds is 2. The first-order valence-corrected chi connectivity index (χ1v) is 9.69. The predicted octanol–water partition coefficient (Wildman–Crippen LogP) is 5.35. The van der Waals surface area contributed by atoms with Crippen molar-refractivity contribution in [2.24, 2.45) is 10.8 Å². The van der Waals surface area contributed by atoms with E-state index in [4.69, 9.17) is 9.47 Å². The first kappa shape index (κ1) is 20.2. The van der Waals surface area contributed by atoms with Gasteiger partial charge in [0, 0.05) is 9.13 Å². The van der Waals surface area contributed by atoms with E-state index in [2.05, 4.69) is 22.6 Å². The number of carbonyl (C=O) groups excluding carboxylic acids is 2. The maximum absolute atomic E-state index is 12.3. The van der Waals surface area contributed by atoms with Crippen LogP contribution in [0.1, 0.15) is 77.7 Å². The molecule has 0 aromatic heterocycles. The predicted molar refractivity (Wildman–Crippen MR) is 105 cm³/mol. The van der Waals surface area contributed by atoms with Gasteiger partial charge in [0.05, 0.1) is 10.8 Å². The highest BCUT2D eigenvalue weighted by molar-refractivity contribution is 14.1. The number of fused-ring (bicyclic) bond motifs is 1. The third-order valence-electron chi connectivity index (χ3n) is 4.16. The molecule has 0 bridgehead atoms. The van der Waals surface area contributed by atoms with Crippen LogP contribution in [0, 0.1) is 14.4 Å². The Kier molecular flexibility index (Phi) is 5.86. The molecule has 2 unspecified atom stereocenters. The monoisotopic (exact) mass is 458 g/mol. The molecule has 25 heavy (non-hydrogen) atoms. The molecule has 5 heteroatoms. The lowest BCUT2D eigenvalue weighted by Gasteiger charge is -2.33. The molecule has 0 amide bonds. The molecular weight excluding hydrogens is 431 g/mol. The third-order valence-corrected chi connectivity index (χ3v) is 4.83. The van der Waals surface area contributed by atoms with Gasteiger partial charge in [-0.25, -0.2) is 0 Å². The van der Waals surface area contributed by atoms with Gasteiger partial charge in [0.2, 0.25) is 0 Å². The zero-order valence-corrected chi connectivity index (χ0v) is 18.0. The highest BCUT2D eigenvalue weighted by atomic mass is 127. The molecule has 4 nitrogen and oxygen atoms in total. The maximum Gasteiger partial charge on any atom is 0.311 e. The fourth-order valence-corrected chi connectivity index (χ4v) is 3.10. The van der Waals surface area contributed by atoms with E-state index >= 15 is 0 Å². The van der Waals surface area contributed by atoms with E-state index in [1.54, 1.807) is 0 Å². The Balaban J connectivity index is 2.28. The second-order valence-corrected chi connectivity index (χ2v) is 9.88. The van der Waals surface area contributed by atoms with Crippen LogP contribution < -0.4 is 0 Å². The Hall–Kier alpha value is -1.11. The molecule has 2 rings (SSSR count). The molecule has 0 saturated heterocycles. The van der Waals surface area contributed by atoms with Crippen LogP contribution in [0.2, 0.25) is 0 Å². The smallest absolute Gasteiger partial charge is 0.311 e. The lowest BCUT2D eigenvalue weighted by molar-refractivity contribution is -0.165. The van der Waals surface area contributed by atoms with Crippen LogP contribution in [0.4, 0.5) is 0 Å². The van der Waals surface area contributed by atoms with Crippen LogP contribution in [-0.2, 0) is 19.1 Å². The van der Waals surface area contributed by atoms with Gasteiger partial charge in [0.15, 0.2) is 0 Å². The molecule has 0 aliphatic heterocycles. The van der Waals surface area contributed by atoms with Crippen molar-refractivity contribution in [2.75, 3.05) is 0 Å². The van der Waals surface area contributed by atoms with Crippen molar-refractivity contribution in [1.29, 1.82) is 0 Å². The summed E-state index contributed by atoms with van der Waals surface area (Å²) in [5.74, 6) is -0.431. The van der Waals surface area contributed by atoms with Gasteiger partial charge in [-0.3, -0.25) is 9.59 Å². The van der Waals surface area contributed by atoms with Gasteiger partial charge in [-0.2, -0.15) is 0 Å². The first-order chi connectivity index (χ1) is 11.4. The lowest BCUT2D eigenvalue weighted by Crippen LogP contribution is -2.30. The summed E-state index contributed by atoms with van der Waals surface area (Å²) in [5, 5.41) is 0. The van der Waals surface area contributed by atoms with Gasteiger partial charge in [-0.15, -0.1) is 0 Å². The Morgan fingerprint density at radius 3 is 1.76 bits per heavy atom.